The van der Waals surface area contributed by atoms with Crippen molar-refractivity contribution in [3.05, 3.63) is 65.4 Å². The molecule has 0 bridgehead atoms. The Hall–Kier alpha value is -2.91. The lowest BCUT2D eigenvalue weighted by molar-refractivity contribution is -0.119. The van der Waals surface area contributed by atoms with E-state index in [0.29, 0.717) is 11.3 Å². The Bertz CT molecular complexity index is 1120. The number of cyclic esters (lactones) is 1. The number of aromatic nitrogens is 1. The van der Waals surface area contributed by atoms with E-state index in [1.807, 2.05) is 35.8 Å². The number of carbonyl (C=O) groups is 2. The van der Waals surface area contributed by atoms with Gasteiger partial charge in [0, 0.05) is 29.8 Å². The molecule has 0 spiro atoms. The zero-order chi connectivity index (χ0) is 23.9. The fourth-order valence-corrected chi connectivity index (χ4v) is 5.43. The molecule has 2 heterocycles. The maximum Gasteiger partial charge on any atom is 0.414 e. The molecule has 0 radical (unpaired) electrons. The van der Waals surface area contributed by atoms with Crippen LogP contribution >= 0.6 is 23.1 Å². The predicted octanol–water partition coefficient (Wildman–Crippen LogP) is 5.53. The molecule has 0 saturated carbocycles. The number of aryl methyl sites for hydroxylation is 1. The smallest absolute Gasteiger partial charge is 0.414 e. The summed E-state index contributed by atoms with van der Waals surface area (Å²) < 4.78 is 21.3. The molecule has 1 atom stereocenters. The lowest BCUT2D eigenvalue weighted by Crippen LogP contribution is -2.33. The van der Waals surface area contributed by atoms with E-state index in [1.54, 1.807) is 35.2 Å². The lowest BCUT2D eigenvalue weighted by Gasteiger charge is -2.14. The molecule has 1 fully saturated rings. The Balaban J connectivity index is 1.31. The second-order valence-corrected chi connectivity index (χ2v) is 10.3. The third kappa shape index (κ3) is 6.36. The third-order valence-electron chi connectivity index (χ3n) is 5.48. The van der Waals surface area contributed by atoms with E-state index in [9.17, 15) is 14.0 Å². The topological polar surface area (TPSA) is 71.5 Å². The zero-order valence-electron chi connectivity index (χ0n) is 18.8. The first-order valence-electron chi connectivity index (χ1n) is 11.1. The summed E-state index contributed by atoms with van der Waals surface area (Å²) in [5.74, 6) is 0.464. The van der Waals surface area contributed by atoms with Crippen molar-refractivity contribution in [2.24, 2.45) is 0 Å². The van der Waals surface area contributed by atoms with Crippen LogP contribution in [0.15, 0.2) is 58.4 Å². The summed E-state index contributed by atoms with van der Waals surface area (Å²) in [5, 5.41) is 4.62. The summed E-state index contributed by atoms with van der Waals surface area (Å²) in [7, 11) is 0. The molecule has 0 unspecified atom stereocenters. The standard InChI is InChI=1S/C25H26FN3O3S2/c1-17(30)28-15-21-16-29(25(31)32-21)20-9-10-22(23(26)14-20)19-7-5-18(6-8-19)4-2-3-12-33-24-27-11-13-34-24/h5-11,13-14,21H,2-4,12,15-16H2,1H3,(H,28,30)/t21-/m0/s1. The average Bonchev–Trinajstić information content (AvgIpc) is 3.47. The highest BCUT2D eigenvalue weighted by Gasteiger charge is 2.32. The number of hydrogen-bond acceptors (Lipinski definition) is 6. The highest BCUT2D eigenvalue weighted by atomic mass is 32.2. The second kappa shape index (κ2) is 11.5. The number of rotatable bonds is 10. The first-order valence-corrected chi connectivity index (χ1v) is 13.0. The normalized spacial score (nSPS) is 15.4. The van der Waals surface area contributed by atoms with Gasteiger partial charge < -0.3 is 10.1 Å². The van der Waals surface area contributed by atoms with E-state index in [2.05, 4.69) is 10.3 Å². The molecular weight excluding hydrogens is 473 g/mol. The maximum absolute atomic E-state index is 14.9. The van der Waals surface area contributed by atoms with Crippen molar-refractivity contribution in [2.45, 2.75) is 36.6 Å². The van der Waals surface area contributed by atoms with Gasteiger partial charge in [-0.15, -0.1) is 11.3 Å². The van der Waals surface area contributed by atoms with Crippen LogP contribution in [-0.2, 0) is 16.0 Å². The highest BCUT2D eigenvalue weighted by Crippen LogP contribution is 2.29. The molecule has 0 aliphatic carbocycles. The monoisotopic (exact) mass is 499 g/mol. The number of unbranched alkanes of at least 4 members (excludes halogenated alkanes) is 1. The van der Waals surface area contributed by atoms with Gasteiger partial charge in [0.05, 0.1) is 18.8 Å². The van der Waals surface area contributed by atoms with Crippen LogP contribution in [0, 0.1) is 5.82 Å². The molecule has 3 aromatic rings. The Morgan fingerprint density at radius 3 is 2.79 bits per heavy atom. The number of halogens is 1. The number of thioether (sulfide) groups is 1. The molecule has 1 aromatic heterocycles. The minimum Gasteiger partial charge on any atom is -0.442 e. The quantitative estimate of drug-likeness (QED) is 0.294. The van der Waals surface area contributed by atoms with Crippen LogP contribution in [0.25, 0.3) is 11.1 Å². The van der Waals surface area contributed by atoms with E-state index < -0.39 is 18.0 Å². The van der Waals surface area contributed by atoms with Gasteiger partial charge in [0.25, 0.3) is 0 Å². The molecule has 2 amide bonds. The molecule has 1 N–H and O–H groups in total. The number of thiazole rings is 1. The Labute approximate surface area is 206 Å². The van der Waals surface area contributed by atoms with Crippen LogP contribution < -0.4 is 10.2 Å². The van der Waals surface area contributed by atoms with Gasteiger partial charge in [-0.3, -0.25) is 9.69 Å². The lowest BCUT2D eigenvalue weighted by atomic mass is 10.0. The van der Waals surface area contributed by atoms with Crippen LogP contribution in [0.2, 0.25) is 0 Å². The molecule has 1 aliphatic rings. The van der Waals surface area contributed by atoms with Gasteiger partial charge in [-0.05, 0) is 48.6 Å². The number of ether oxygens (including phenoxy) is 1. The Morgan fingerprint density at radius 1 is 1.26 bits per heavy atom. The molecule has 4 rings (SSSR count). The highest BCUT2D eigenvalue weighted by molar-refractivity contribution is 8.00. The van der Waals surface area contributed by atoms with Crippen LogP contribution in [0.5, 0.6) is 0 Å². The van der Waals surface area contributed by atoms with Gasteiger partial charge >= 0.3 is 6.09 Å². The van der Waals surface area contributed by atoms with Crippen molar-refractivity contribution in [1.82, 2.24) is 10.3 Å². The fraction of sp³-hybridized carbons (Fsp3) is 0.320. The van der Waals surface area contributed by atoms with Crippen molar-refractivity contribution >= 4 is 40.8 Å². The number of benzene rings is 2. The first kappa shape index (κ1) is 24.2. The summed E-state index contributed by atoms with van der Waals surface area (Å²) in [6, 6.07) is 12.7. The van der Waals surface area contributed by atoms with E-state index in [-0.39, 0.29) is 19.0 Å². The van der Waals surface area contributed by atoms with Crippen molar-refractivity contribution in [3.8, 4) is 11.1 Å². The molecule has 34 heavy (non-hydrogen) atoms. The van der Waals surface area contributed by atoms with E-state index >= 15 is 0 Å². The summed E-state index contributed by atoms with van der Waals surface area (Å²) in [6.07, 6.45) is 4.02. The number of hydrogen-bond donors (Lipinski definition) is 1. The van der Waals surface area contributed by atoms with Crippen molar-refractivity contribution in [1.29, 1.82) is 0 Å². The summed E-state index contributed by atoms with van der Waals surface area (Å²) in [6.45, 7) is 1.89. The fourth-order valence-electron chi connectivity index (χ4n) is 3.73. The van der Waals surface area contributed by atoms with Gasteiger partial charge in [0.1, 0.15) is 16.3 Å². The minimum absolute atomic E-state index is 0.193. The molecule has 178 valence electrons. The number of nitrogens with one attached hydrogen (secondary N) is 1. The molecule has 1 saturated heterocycles. The van der Waals surface area contributed by atoms with Crippen LogP contribution in [-0.4, -0.2) is 41.9 Å². The summed E-state index contributed by atoms with van der Waals surface area (Å²) in [5.41, 5.74) is 2.94. The number of anilines is 1. The predicted molar refractivity (Wildman–Crippen MR) is 134 cm³/mol. The summed E-state index contributed by atoms with van der Waals surface area (Å²) >= 11 is 3.46. The number of carbonyl (C=O) groups excluding carboxylic acids is 2. The van der Waals surface area contributed by atoms with Crippen molar-refractivity contribution in [2.75, 3.05) is 23.7 Å². The van der Waals surface area contributed by atoms with Crippen molar-refractivity contribution in [3.63, 3.8) is 0 Å². The zero-order valence-corrected chi connectivity index (χ0v) is 20.5. The van der Waals surface area contributed by atoms with Gasteiger partial charge in [0.2, 0.25) is 5.91 Å². The van der Waals surface area contributed by atoms with Crippen LogP contribution in [0.3, 0.4) is 0 Å². The number of amides is 2. The first-order chi connectivity index (χ1) is 16.5. The van der Waals surface area contributed by atoms with E-state index in [0.717, 1.165) is 34.9 Å². The SMILES string of the molecule is CC(=O)NC[C@H]1CN(c2ccc(-c3ccc(CCCCSc4nccs4)cc3)c(F)c2)C(=O)O1. The molecule has 1 aliphatic heterocycles. The maximum atomic E-state index is 14.9. The Kier molecular flexibility index (Phi) is 8.18. The van der Waals surface area contributed by atoms with Gasteiger partial charge in [-0.25, -0.2) is 14.2 Å². The van der Waals surface area contributed by atoms with E-state index in [4.69, 9.17) is 4.74 Å². The van der Waals surface area contributed by atoms with Crippen LogP contribution in [0.4, 0.5) is 14.9 Å². The summed E-state index contributed by atoms with van der Waals surface area (Å²) in [4.78, 5) is 28.9. The molecule has 2 aromatic carbocycles. The van der Waals surface area contributed by atoms with E-state index in [1.165, 1.54) is 23.5 Å². The van der Waals surface area contributed by atoms with Gasteiger partial charge in [-0.1, -0.05) is 36.0 Å². The Morgan fingerprint density at radius 2 is 2.09 bits per heavy atom. The molecular formula is C25H26FN3O3S2. The molecule has 9 heteroatoms. The van der Waals surface area contributed by atoms with Crippen molar-refractivity contribution < 1.29 is 18.7 Å². The largest absolute Gasteiger partial charge is 0.442 e. The minimum atomic E-state index is -0.545. The third-order valence-corrected chi connectivity index (χ3v) is 7.53. The van der Waals surface area contributed by atoms with Gasteiger partial charge in [0.15, 0.2) is 0 Å². The van der Waals surface area contributed by atoms with Crippen LogP contribution in [0.1, 0.15) is 25.3 Å². The second-order valence-electron chi connectivity index (χ2n) is 8.02. The van der Waals surface area contributed by atoms with Gasteiger partial charge in [-0.2, -0.15) is 0 Å². The average molecular weight is 500 g/mol. The number of nitrogens with zero attached hydrogens (tertiary/aromatic N) is 2. The molecule has 6 nitrogen and oxygen atoms in total.